The summed E-state index contributed by atoms with van der Waals surface area (Å²) in [5, 5.41) is 12.5. The van der Waals surface area contributed by atoms with Gasteiger partial charge in [0.1, 0.15) is 0 Å². The number of nitrogens with one attached hydrogen (secondary N) is 1. The first-order valence-electron chi connectivity index (χ1n) is 4.63. The summed E-state index contributed by atoms with van der Waals surface area (Å²) in [6.45, 7) is 4.50. The molecular weight excluding hydrogens is 162 g/mol. The lowest BCUT2D eigenvalue weighted by Gasteiger charge is -2.25. The number of rotatable bonds is 1. The third kappa shape index (κ3) is 1.13. The molecule has 0 saturated carbocycles. The maximum Gasteiger partial charge on any atom is 0.0641 e. The molecule has 0 amide bonds. The minimum Gasteiger partial charge on any atom is -0.394 e. The molecule has 0 fully saturated rings. The summed E-state index contributed by atoms with van der Waals surface area (Å²) in [7, 11) is 0. The first-order valence-corrected chi connectivity index (χ1v) is 4.63. The van der Waals surface area contributed by atoms with E-state index < -0.39 is 0 Å². The Morgan fingerprint density at radius 1 is 1.38 bits per heavy atom. The van der Waals surface area contributed by atoms with E-state index in [1.807, 2.05) is 12.1 Å². The second-order valence-electron chi connectivity index (χ2n) is 4.15. The molecule has 1 aromatic carbocycles. The van der Waals surface area contributed by atoms with Crippen molar-refractivity contribution in [1.82, 2.24) is 0 Å². The Kier molecular flexibility index (Phi) is 1.81. The Morgan fingerprint density at radius 3 is 2.69 bits per heavy atom. The Balaban J connectivity index is 2.47. The van der Waals surface area contributed by atoms with Crippen LogP contribution in [0.25, 0.3) is 0 Å². The van der Waals surface area contributed by atoms with Crippen LogP contribution in [0, 0.1) is 0 Å². The van der Waals surface area contributed by atoms with Crippen molar-refractivity contribution in [1.29, 1.82) is 0 Å². The van der Waals surface area contributed by atoms with Gasteiger partial charge in [0, 0.05) is 11.1 Å². The van der Waals surface area contributed by atoms with Crippen LogP contribution in [0.5, 0.6) is 0 Å². The Labute approximate surface area is 78.6 Å². The van der Waals surface area contributed by atoms with Crippen LogP contribution >= 0.6 is 0 Å². The molecule has 0 bridgehead atoms. The van der Waals surface area contributed by atoms with Crippen LogP contribution in [0.4, 0.5) is 5.69 Å². The van der Waals surface area contributed by atoms with Gasteiger partial charge in [-0.1, -0.05) is 32.0 Å². The van der Waals surface area contributed by atoms with Crippen molar-refractivity contribution in [3.8, 4) is 0 Å². The summed E-state index contributed by atoms with van der Waals surface area (Å²) in [6, 6.07) is 8.39. The van der Waals surface area contributed by atoms with Crippen molar-refractivity contribution in [3.05, 3.63) is 29.8 Å². The molecule has 2 N–H and O–H groups in total. The SMILES string of the molecule is CC1(C)c2ccccc2NC1CO. The van der Waals surface area contributed by atoms with Crippen LogP contribution < -0.4 is 5.32 Å². The van der Waals surface area contributed by atoms with Gasteiger partial charge in [0.05, 0.1) is 12.6 Å². The predicted octanol–water partition coefficient (Wildman–Crippen LogP) is 1.75. The molecule has 1 aromatic rings. The summed E-state index contributed by atoms with van der Waals surface area (Å²) >= 11 is 0. The fourth-order valence-electron chi connectivity index (χ4n) is 2.00. The number of aliphatic hydroxyl groups excluding tert-OH is 1. The fourth-order valence-corrected chi connectivity index (χ4v) is 2.00. The molecule has 2 heteroatoms. The van der Waals surface area contributed by atoms with E-state index in [2.05, 4.69) is 31.3 Å². The lowest BCUT2D eigenvalue weighted by molar-refractivity contribution is 0.239. The van der Waals surface area contributed by atoms with E-state index in [1.54, 1.807) is 0 Å². The van der Waals surface area contributed by atoms with Gasteiger partial charge in [0.15, 0.2) is 0 Å². The van der Waals surface area contributed by atoms with E-state index in [0.717, 1.165) is 5.69 Å². The largest absolute Gasteiger partial charge is 0.394 e. The van der Waals surface area contributed by atoms with Crippen LogP contribution in [0.15, 0.2) is 24.3 Å². The minimum atomic E-state index is 0.0331. The van der Waals surface area contributed by atoms with Gasteiger partial charge >= 0.3 is 0 Å². The molecule has 0 saturated heterocycles. The van der Waals surface area contributed by atoms with Crippen molar-refractivity contribution in [2.24, 2.45) is 0 Å². The molecule has 70 valence electrons. The quantitative estimate of drug-likeness (QED) is 0.685. The molecule has 0 spiro atoms. The average molecular weight is 177 g/mol. The monoisotopic (exact) mass is 177 g/mol. The van der Waals surface area contributed by atoms with Gasteiger partial charge in [0.25, 0.3) is 0 Å². The standard InChI is InChI=1S/C11H15NO/c1-11(2)8-5-3-4-6-9(8)12-10(11)7-13/h3-6,10,12-13H,7H2,1-2H3. The number of para-hydroxylation sites is 1. The lowest BCUT2D eigenvalue weighted by atomic mass is 9.81. The predicted molar refractivity (Wildman–Crippen MR) is 54.0 cm³/mol. The van der Waals surface area contributed by atoms with Crippen LogP contribution in [0.3, 0.4) is 0 Å². The van der Waals surface area contributed by atoms with E-state index >= 15 is 0 Å². The van der Waals surface area contributed by atoms with Gasteiger partial charge in [-0.2, -0.15) is 0 Å². The number of hydrogen-bond acceptors (Lipinski definition) is 2. The topological polar surface area (TPSA) is 32.3 Å². The third-order valence-electron chi connectivity index (χ3n) is 3.00. The molecule has 13 heavy (non-hydrogen) atoms. The van der Waals surface area contributed by atoms with Crippen molar-refractivity contribution in [3.63, 3.8) is 0 Å². The fraction of sp³-hybridized carbons (Fsp3) is 0.455. The second-order valence-corrected chi connectivity index (χ2v) is 4.15. The maximum absolute atomic E-state index is 9.21. The van der Waals surface area contributed by atoms with E-state index in [-0.39, 0.29) is 18.1 Å². The van der Waals surface area contributed by atoms with E-state index in [9.17, 15) is 5.11 Å². The second kappa shape index (κ2) is 2.74. The summed E-state index contributed by atoms with van der Waals surface area (Å²) in [6.07, 6.45) is 0. The van der Waals surface area contributed by atoms with Crippen LogP contribution in [-0.2, 0) is 5.41 Å². The number of benzene rings is 1. The van der Waals surface area contributed by atoms with E-state index in [4.69, 9.17) is 0 Å². The first kappa shape index (κ1) is 8.57. The molecule has 1 aliphatic heterocycles. The van der Waals surface area contributed by atoms with Crippen LogP contribution in [0.2, 0.25) is 0 Å². The lowest BCUT2D eigenvalue weighted by Crippen LogP contribution is -2.36. The van der Waals surface area contributed by atoms with Crippen molar-refractivity contribution in [2.45, 2.75) is 25.3 Å². The zero-order valence-electron chi connectivity index (χ0n) is 8.04. The molecular formula is C11H15NO. The minimum absolute atomic E-state index is 0.0331. The summed E-state index contributed by atoms with van der Waals surface area (Å²) in [5.74, 6) is 0. The van der Waals surface area contributed by atoms with Crippen molar-refractivity contribution >= 4 is 5.69 Å². The van der Waals surface area contributed by atoms with Gasteiger partial charge in [-0.15, -0.1) is 0 Å². The molecule has 0 aromatic heterocycles. The Hall–Kier alpha value is -1.02. The average Bonchev–Trinajstić information content (AvgIpc) is 2.39. The Bertz CT molecular complexity index is 320. The highest BCUT2D eigenvalue weighted by Gasteiger charge is 2.38. The zero-order valence-corrected chi connectivity index (χ0v) is 8.04. The number of anilines is 1. The molecule has 1 heterocycles. The van der Waals surface area contributed by atoms with Gasteiger partial charge in [-0.05, 0) is 11.6 Å². The van der Waals surface area contributed by atoms with Gasteiger partial charge in [-0.3, -0.25) is 0 Å². The summed E-state index contributed by atoms with van der Waals surface area (Å²) in [4.78, 5) is 0. The van der Waals surface area contributed by atoms with Crippen molar-refractivity contribution in [2.75, 3.05) is 11.9 Å². The highest BCUT2D eigenvalue weighted by atomic mass is 16.3. The highest BCUT2D eigenvalue weighted by molar-refractivity contribution is 5.61. The van der Waals surface area contributed by atoms with Gasteiger partial charge in [0.2, 0.25) is 0 Å². The Morgan fingerprint density at radius 2 is 2.08 bits per heavy atom. The van der Waals surface area contributed by atoms with Crippen molar-refractivity contribution < 1.29 is 5.11 Å². The zero-order chi connectivity index (χ0) is 9.47. The van der Waals surface area contributed by atoms with Gasteiger partial charge in [-0.25, -0.2) is 0 Å². The maximum atomic E-state index is 9.21. The van der Waals surface area contributed by atoms with E-state index in [1.165, 1.54) is 5.56 Å². The van der Waals surface area contributed by atoms with Crippen LogP contribution in [-0.4, -0.2) is 17.8 Å². The third-order valence-corrected chi connectivity index (χ3v) is 3.00. The summed E-state index contributed by atoms with van der Waals surface area (Å²) < 4.78 is 0. The van der Waals surface area contributed by atoms with Crippen LogP contribution in [0.1, 0.15) is 19.4 Å². The number of aliphatic hydroxyl groups is 1. The molecule has 2 nitrogen and oxygen atoms in total. The molecule has 1 atom stereocenters. The summed E-state index contributed by atoms with van der Waals surface area (Å²) in [5.41, 5.74) is 2.49. The molecule has 0 radical (unpaired) electrons. The first-order chi connectivity index (χ1) is 6.16. The molecule has 0 aliphatic carbocycles. The van der Waals surface area contributed by atoms with E-state index in [0.29, 0.717) is 0 Å². The smallest absolute Gasteiger partial charge is 0.0641 e. The molecule has 2 rings (SSSR count). The highest BCUT2D eigenvalue weighted by Crippen LogP contribution is 2.39. The normalized spacial score (nSPS) is 23.8. The number of fused-ring (bicyclic) bond motifs is 1. The molecule has 1 aliphatic rings. The number of hydrogen-bond donors (Lipinski definition) is 2. The van der Waals surface area contributed by atoms with Gasteiger partial charge < -0.3 is 10.4 Å². The molecule has 1 unspecified atom stereocenters.